The van der Waals surface area contributed by atoms with Gasteiger partial charge < -0.3 is 9.47 Å². The summed E-state index contributed by atoms with van der Waals surface area (Å²) in [5.74, 6) is -0.614. The van der Waals surface area contributed by atoms with Gasteiger partial charge in [-0.2, -0.15) is 26.3 Å². The Morgan fingerprint density at radius 3 is 2.00 bits per heavy atom. The maximum Gasteiger partial charge on any atom is 0.416 e. The number of rotatable bonds is 8. The zero-order valence-electron chi connectivity index (χ0n) is 23.5. The fraction of sp³-hybridized carbons (Fsp3) is 0.375. The van der Waals surface area contributed by atoms with E-state index in [1.807, 2.05) is 6.07 Å². The van der Waals surface area contributed by atoms with Crippen LogP contribution in [0, 0.1) is 5.92 Å². The highest BCUT2D eigenvalue weighted by atomic mass is 19.4. The van der Waals surface area contributed by atoms with Gasteiger partial charge >= 0.3 is 18.4 Å². The van der Waals surface area contributed by atoms with E-state index in [1.54, 1.807) is 54.6 Å². The van der Waals surface area contributed by atoms with Gasteiger partial charge in [0.15, 0.2) is 0 Å². The molecule has 4 rings (SSSR count). The average molecular weight is 608 g/mol. The SMILES string of the molecule is CC(=O)C1CCC(CO[C@H](C)c2cc(C(F)(F)F)cc(C(F)(F)F)c2)(c2ccccc2)N(C(=O)OCc2ccccc2)C1. The smallest absolute Gasteiger partial charge is 0.416 e. The molecule has 230 valence electrons. The van der Waals surface area contributed by atoms with Crippen molar-refractivity contribution in [2.75, 3.05) is 13.2 Å². The highest BCUT2D eigenvalue weighted by Crippen LogP contribution is 2.43. The number of carbonyl (C=O) groups is 2. The third-order valence-electron chi connectivity index (χ3n) is 7.79. The minimum atomic E-state index is -5.01. The van der Waals surface area contributed by atoms with E-state index in [2.05, 4.69) is 0 Å². The Morgan fingerprint density at radius 2 is 1.47 bits per heavy atom. The van der Waals surface area contributed by atoms with Crippen LogP contribution in [0.4, 0.5) is 31.1 Å². The Hall–Kier alpha value is -3.86. The zero-order chi connectivity index (χ0) is 31.4. The molecule has 1 aliphatic heterocycles. The lowest BCUT2D eigenvalue weighted by Gasteiger charge is -2.49. The molecule has 11 heteroatoms. The fourth-order valence-electron chi connectivity index (χ4n) is 5.27. The van der Waals surface area contributed by atoms with Crippen molar-refractivity contribution in [1.29, 1.82) is 0 Å². The summed E-state index contributed by atoms with van der Waals surface area (Å²) in [4.78, 5) is 27.4. The summed E-state index contributed by atoms with van der Waals surface area (Å²) in [5.41, 5.74) is -3.07. The van der Waals surface area contributed by atoms with Crippen LogP contribution in [0.3, 0.4) is 0 Å². The molecule has 43 heavy (non-hydrogen) atoms. The lowest BCUT2D eigenvalue weighted by Crippen LogP contribution is -2.58. The van der Waals surface area contributed by atoms with Gasteiger partial charge in [0.05, 0.1) is 29.4 Å². The van der Waals surface area contributed by atoms with Gasteiger partial charge in [0.1, 0.15) is 12.4 Å². The molecule has 0 spiro atoms. The van der Waals surface area contributed by atoms with Crippen LogP contribution >= 0.6 is 0 Å². The quantitative estimate of drug-likeness (QED) is 0.242. The maximum absolute atomic E-state index is 13.6. The molecule has 0 bridgehead atoms. The number of alkyl halides is 6. The number of hydrogen-bond acceptors (Lipinski definition) is 4. The maximum atomic E-state index is 13.6. The molecule has 0 aromatic heterocycles. The summed E-state index contributed by atoms with van der Waals surface area (Å²) >= 11 is 0. The minimum Gasteiger partial charge on any atom is -0.445 e. The fourth-order valence-corrected chi connectivity index (χ4v) is 5.27. The summed E-state index contributed by atoms with van der Waals surface area (Å²) in [6.45, 7) is 2.46. The van der Waals surface area contributed by atoms with E-state index in [1.165, 1.54) is 18.7 Å². The minimum absolute atomic E-state index is 0.00261. The Balaban J connectivity index is 1.69. The van der Waals surface area contributed by atoms with Gasteiger partial charge in [0.25, 0.3) is 0 Å². The number of piperidine rings is 1. The number of benzene rings is 3. The third-order valence-corrected chi connectivity index (χ3v) is 7.79. The summed E-state index contributed by atoms with van der Waals surface area (Å²) in [6.07, 6.45) is -11.3. The second kappa shape index (κ2) is 12.8. The highest BCUT2D eigenvalue weighted by molar-refractivity contribution is 5.80. The van der Waals surface area contributed by atoms with Crippen molar-refractivity contribution in [1.82, 2.24) is 4.90 Å². The number of nitrogens with zero attached hydrogens (tertiary/aromatic N) is 1. The largest absolute Gasteiger partial charge is 0.445 e. The molecule has 1 amide bonds. The Labute approximate surface area is 245 Å². The summed E-state index contributed by atoms with van der Waals surface area (Å²) in [6, 6.07) is 19.0. The van der Waals surface area contributed by atoms with Gasteiger partial charge in [-0.25, -0.2) is 4.79 Å². The third kappa shape index (κ3) is 7.57. The first-order valence-electron chi connectivity index (χ1n) is 13.7. The monoisotopic (exact) mass is 607 g/mol. The molecule has 0 radical (unpaired) electrons. The molecule has 2 unspecified atom stereocenters. The van der Waals surface area contributed by atoms with E-state index < -0.39 is 47.1 Å². The molecule has 3 aromatic rings. The summed E-state index contributed by atoms with van der Waals surface area (Å²) < 4.78 is 92.7. The molecule has 1 aliphatic rings. The number of likely N-dealkylation sites (tertiary alicyclic amines) is 1. The van der Waals surface area contributed by atoms with Crippen LogP contribution in [0.25, 0.3) is 0 Å². The molecule has 0 saturated carbocycles. The standard InChI is InChI=1S/C32H31F6NO4/c1-21(40)24-13-14-30(26-11-7-4-8-12-26,39(18-24)29(41)42-19-23-9-5-3-6-10-23)20-43-22(2)25-15-27(31(33,34)35)17-28(16-25)32(36,37)38/h3-12,15-17,22,24H,13-14,18-20H2,1-2H3/t22-,24?,30?/m1/s1. The number of halogens is 6. The molecule has 0 N–H and O–H groups in total. The van der Waals surface area contributed by atoms with E-state index in [0.717, 1.165) is 5.56 Å². The van der Waals surface area contributed by atoms with Gasteiger partial charge in [0.2, 0.25) is 0 Å². The van der Waals surface area contributed by atoms with E-state index in [0.29, 0.717) is 24.1 Å². The number of amides is 1. The van der Waals surface area contributed by atoms with Crippen LogP contribution in [-0.2, 0) is 38.8 Å². The van der Waals surface area contributed by atoms with Crippen molar-refractivity contribution in [2.45, 2.75) is 57.3 Å². The van der Waals surface area contributed by atoms with E-state index in [4.69, 9.17) is 9.47 Å². The molecular formula is C32H31F6NO4. The van der Waals surface area contributed by atoms with Gasteiger partial charge in [-0.3, -0.25) is 9.69 Å². The van der Waals surface area contributed by atoms with Crippen molar-refractivity contribution in [3.63, 3.8) is 0 Å². The number of ketones is 1. The highest BCUT2D eigenvalue weighted by Gasteiger charge is 2.48. The Kier molecular flexibility index (Phi) is 9.54. The van der Waals surface area contributed by atoms with Crippen molar-refractivity contribution in [2.24, 2.45) is 5.92 Å². The molecule has 3 atom stereocenters. The number of hydrogen-bond donors (Lipinski definition) is 0. The Bertz CT molecular complexity index is 1380. The average Bonchev–Trinajstić information content (AvgIpc) is 2.98. The molecule has 1 fully saturated rings. The van der Waals surface area contributed by atoms with Gasteiger partial charge in [-0.1, -0.05) is 60.7 Å². The van der Waals surface area contributed by atoms with E-state index >= 15 is 0 Å². The summed E-state index contributed by atoms with van der Waals surface area (Å²) in [5, 5.41) is 0. The lowest BCUT2D eigenvalue weighted by molar-refractivity contribution is -0.143. The second-order valence-corrected chi connectivity index (χ2v) is 10.7. The van der Waals surface area contributed by atoms with Crippen LogP contribution in [-0.4, -0.2) is 29.9 Å². The van der Waals surface area contributed by atoms with Gasteiger partial charge in [-0.15, -0.1) is 0 Å². The van der Waals surface area contributed by atoms with Crippen molar-refractivity contribution in [3.8, 4) is 0 Å². The molecule has 1 heterocycles. The first-order valence-corrected chi connectivity index (χ1v) is 13.7. The normalized spacial score (nSPS) is 20.0. The number of carbonyl (C=O) groups excluding carboxylic acids is 2. The first kappa shape index (κ1) is 32.1. The van der Waals surface area contributed by atoms with Crippen LogP contribution in [0.2, 0.25) is 0 Å². The molecule has 1 saturated heterocycles. The van der Waals surface area contributed by atoms with Crippen LogP contribution < -0.4 is 0 Å². The molecule has 3 aromatic carbocycles. The second-order valence-electron chi connectivity index (χ2n) is 10.7. The first-order chi connectivity index (χ1) is 20.2. The predicted molar refractivity (Wildman–Crippen MR) is 146 cm³/mol. The van der Waals surface area contributed by atoms with Crippen molar-refractivity contribution >= 4 is 11.9 Å². The topological polar surface area (TPSA) is 55.8 Å². The molecule has 0 aliphatic carbocycles. The zero-order valence-corrected chi connectivity index (χ0v) is 23.5. The number of Topliss-reactive ketones (excluding diaryl/α,β-unsaturated/α-hetero) is 1. The number of ether oxygens (including phenoxy) is 2. The van der Waals surface area contributed by atoms with E-state index in [-0.39, 0.29) is 43.6 Å². The lowest BCUT2D eigenvalue weighted by atomic mass is 9.77. The molecular weight excluding hydrogens is 576 g/mol. The van der Waals surface area contributed by atoms with Crippen LogP contribution in [0.5, 0.6) is 0 Å². The van der Waals surface area contributed by atoms with Crippen molar-refractivity contribution < 1.29 is 45.4 Å². The predicted octanol–water partition coefficient (Wildman–Crippen LogP) is 8.34. The molecule has 5 nitrogen and oxygen atoms in total. The van der Waals surface area contributed by atoms with Gasteiger partial charge in [-0.05, 0) is 61.6 Å². The Morgan fingerprint density at radius 1 is 0.907 bits per heavy atom. The van der Waals surface area contributed by atoms with Crippen LogP contribution in [0.1, 0.15) is 60.6 Å². The van der Waals surface area contributed by atoms with E-state index in [9.17, 15) is 35.9 Å². The summed E-state index contributed by atoms with van der Waals surface area (Å²) in [7, 11) is 0. The van der Waals surface area contributed by atoms with Crippen LogP contribution in [0.15, 0.2) is 78.9 Å². The van der Waals surface area contributed by atoms with Gasteiger partial charge in [0, 0.05) is 12.5 Å². The van der Waals surface area contributed by atoms with Crippen molar-refractivity contribution in [3.05, 3.63) is 107 Å².